The van der Waals surface area contributed by atoms with Crippen LogP contribution in [0.15, 0.2) is 48.5 Å². The van der Waals surface area contributed by atoms with Crippen LogP contribution < -0.4 is 11.1 Å². The number of carbonyl (C=O) groups excluding carboxylic acids is 2. The first kappa shape index (κ1) is 20.4. The highest BCUT2D eigenvalue weighted by molar-refractivity contribution is 7.99. The van der Waals surface area contributed by atoms with Crippen molar-refractivity contribution >= 4 is 29.3 Å². The number of amides is 2. The highest BCUT2D eigenvalue weighted by Gasteiger charge is 2.23. The lowest BCUT2D eigenvalue weighted by Gasteiger charge is -2.26. The van der Waals surface area contributed by atoms with Crippen molar-refractivity contribution in [3.63, 3.8) is 0 Å². The number of carbonyl (C=O) groups is 2. The van der Waals surface area contributed by atoms with E-state index in [-0.39, 0.29) is 23.8 Å². The van der Waals surface area contributed by atoms with Crippen molar-refractivity contribution in [3.8, 4) is 0 Å². The smallest absolute Gasteiger partial charge is 0.253 e. The minimum absolute atomic E-state index is 0.0562. The highest BCUT2D eigenvalue weighted by atomic mass is 32.2. The molecule has 0 aromatic heterocycles. The van der Waals surface area contributed by atoms with Crippen LogP contribution in [0.3, 0.4) is 0 Å². The molecule has 1 saturated heterocycles. The molecule has 0 bridgehead atoms. The molecule has 2 atom stereocenters. The molecule has 1 aliphatic heterocycles. The summed E-state index contributed by atoms with van der Waals surface area (Å²) in [7, 11) is 0. The number of aryl methyl sites for hydroxylation is 1. The van der Waals surface area contributed by atoms with Crippen molar-refractivity contribution in [2.75, 3.05) is 29.9 Å². The molecule has 6 heteroatoms. The van der Waals surface area contributed by atoms with Gasteiger partial charge in [-0.2, -0.15) is 11.8 Å². The molecule has 0 spiro atoms. The number of thioether (sulfide) groups is 1. The largest absolute Gasteiger partial charge is 0.337 e. The molecule has 3 rings (SSSR count). The number of nitrogens with zero attached hydrogens (tertiary/aromatic N) is 1. The first-order valence-electron chi connectivity index (χ1n) is 9.56. The number of nitrogens with one attached hydrogen (secondary N) is 1. The summed E-state index contributed by atoms with van der Waals surface area (Å²) in [5.74, 6) is 1.51. The Morgan fingerprint density at radius 2 is 1.79 bits per heavy atom. The predicted octanol–water partition coefficient (Wildman–Crippen LogP) is 3.46. The summed E-state index contributed by atoms with van der Waals surface area (Å²) >= 11 is 1.88. The fraction of sp³-hybridized carbons (Fsp3) is 0.364. The molecule has 2 amide bonds. The van der Waals surface area contributed by atoms with Crippen LogP contribution in [0, 0.1) is 12.8 Å². The van der Waals surface area contributed by atoms with Crippen molar-refractivity contribution in [3.05, 3.63) is 65.2 Å². The maximum absolute atomic E-state index is 12.7. The number of anilines is 1. The van der Waals surface area contributed by atoms with Gasteiger partial charge in [-0.05, 0) is 36.2 Å². The molecule has 2 unspecified atom stereocenters. The number of nitrogens with two attached hydrogens (primary N) is 1. The van der Waals surface area contributed by atoms with Crippen LogP contribution in [0.4, 0.5) is 5.69 Å². The van der Waals surface area contributed by atoms with Crippen molar-refractivity contribution in [2.24, 2.45) is 11.7 Å². The van der Waals surface area contributed by atoms with Crippen LogP contribution >= 0.6 is 11.8 Å². The van der Waals surface area contributed by atoms with Crippen LogP contribution in [0.25, 0.3) is 0 Å². The van der Waals surface area contributed by atoms with Gasteiger partial charge in [0.1, 0.15) is 0 Å². The predicted molar refractivity (Wildman–Crippen MR) is 116 cm³/mol. The molecular weight excluding hydrogens is 370 g/mol. The lowest BCUT2D eigenvalue weighted by molar-refractivity contribution is -0.120. The molecule has 1 fully saturated rings. The van der Waals surface area contributed by atoms with Crippen LogP contribution in [0.2, 0.25) is 0 Å². The van der Waals surface area contributed by atoms with Crippen LogP contribution in [0.1, 0.15) is 34.5 Å². The topological polar surface area (TPSA) is 75.4 Å². The van der Waals surface area contributed by atoms with Gasteiger partial charge in [-0.25, -0.2) is 0 Å². The third kappa shape index (κ3) is 4.75. The van der Waals surface area contributed by atoms with E-state index in [2.05, 4.69) is 5.32 Å². The van der Waals surface area contributed by atoms with E-state index in [1.54, 1.807) is 12.1 Å². The van der Waals surface area contributed by atoms with Gasteiger partial charge in [-0.15, -0.1) is 0 Å². The second-order valence-electron chi connectivity index (χ2n) is 7.15. The van der Waals surface area contributed by atoms with E-state index in [0.717, 1.165) is 35.7 Å². The number of benzene rings is 2. The molecule has 5 nitrogen and oxygen atoms in total. The zero-order chi connectivity index (χ0) is 20.1. The summed E-state index contributed by atoms with van der Waals surface area (Å²) in [5, 5.41) is 2.96. The van der Waals surface area contributed by atoms with Crippen molar-refractivity contribution in [2.45, 2.75) is 19.9 Å². The van der Waals surface area contributed by atoms with Gasteiger partial charge in [0, 0.05) is 41.9 Å². The summed E-state index contributed by atoms with van der Waals surface area (Å²) in [6, 6.07) is 14.7. The van der Waals surface area contributed by atoms with E-state index in [0.29, 0.717) is 11.3 Å². The molecule has 2 aromatic carbocycles. The monoisotopic (exact) mass is 397 g/mol. The Hall–Kier alpha value is -2.31. The fourth-order valence-corrected chi connectivity index (χ4v) is 4.16. The zero-order valence-corrected chi connectivity index (χ0v) is 17.2. The first-order valence-corrected chi connectivity index (χ1v) is 10.7. The van der Waals surface area contributed by atoms with Gasteiger partial charge in [-0.1, -0.05) is 37.3 Å². The minimum atomic E-state index is -0.381. The van der Waals surface area contributed by atoms with E-state index >= 15 is 0 Å². The SMILES string of the molecule is Cc1cc(C(=O)N2CCSCC2)ccc1NC(=O)C(C)C(N)c1ccccc1. The lowest BCUT2D eigenvalue weighted by atomic mass is 9.94. The van der Waals surface area contributed by atoms with E-state index in [1.807, 2.05) is 66.9 Å². The third-order valence-corrected chi connectivity index (χ3v) is 6.11. The Morgan fingerprint density at radius 3 is 2.43 bits per heavy atom. The molecule has 1 aliphatic rings. The summed E-state index contributed by atoms with van der Waals surface area (Å²) in [4.78, 5) is 27.2. The summed E-state index contributed by atoms with van der Waals surface area (Å²) < 4.78 is 0. The number of hydrogen-bond donors (Lipinski definition) is 2. The van der Waals surface area contributed by atoms with Gasteiger partial charge >= 0.3 is 0 Å². The van der Waals surface area contributed by atoms with Crippen molar-refractivity contribution in [1.29, 1.82) is 0 Å². The van der Waals surface area contributed by atoms with Gasteiger partial charge in [-0.3, -0.25) is 9.59 Å². The van der Waals surface area contributed by atoms with E-state index in [9.17, 15) is 9.59 Å². The normalized spacial score (nSPS) is 16.3. The first-order chi connectivity index (χ1) is 13.5. The van der Waals surface area contributed by atoms with Crippen LogP contribution in [-0.2, 0) is 4.79 Å². The average Bonchev–Trinajstić information content (AvgIpc) is 2.74. The molecular formula is C22H27N3O2S. The van der Waals surface area contributed by atoms with Gasteiger partial charge in [0.2, 0.25) is 5.91 Å². The zero-order valence-electron chi connectivity index (χ0n) is 16.4. The standard InChI is InChI=1S/C22H27N3O2S/c1-15-14-18(22(27)25-10-12-28-13-11-25)8-9-19(15)24-21(26)16(2)20(23)17-6-4-3-5-7-17/h3-9,14,16,20H,10-13,23H2,1-2H3,(H,24,26). The van der Waals surface area contributed by atoms with Crippen molar-refractivity contribution in [1.82, 2.24) is 4.90 Å². The average molecular weight is 398 g/mol. The maximum atomic E-state index is 12.7. The van der Waals surface area contributed by atoms with E-state index < -0.39 is 0 Å². The fourth-order valence-electron chi connectivity index (χ4n) is 3.26. The van der Waals surface area contributed by atoms with E-state index in [4.69, 9.17) is 5.73 Å². The maximum Gasteiger partial charge on any atom is 0.253 e. The van der Waals surface area contributed by atoms with Gasteiger partial charge < -0.3 is 16.0 Å². The Kier molecular flexibility index (Phi) is 6.75. The highest BCUT2D eigenvalue weighted by Crippen LogP contribution is 2.23. The molecule has 3 N–H and O–H groups in total. The lowest BCUT2D eigenvalue weighted by Crippen LogP contribution is -2.37. The van der Waals surface area contributed by atoms with Gasteiger partial charge in [0.25, 0.3) is 5.91 Å². The quantitative estimate of drug-likeness (QED) is 0.810. The molecule has 2 aromatic rings. The van der Waals surface area contributed by atoms with Crippen molar-refractivity contribution < 1.29 is 9.59 Å². The minimum Gasteiger partial charge on any atom is -0.337 e. The number of rotatable bonds is 5. The Bertz CT molecular complexity index is 835. The van der Waals surface area contributed by atoms with E-state index in [1.165, 1.54) is 0 Å². The van der Waals surface area contributed by atoms with Crippen LogP contribution in [-0.4, -0.2) is 41.3 Å². The molecule has 28 heavy (non-hydrogen) atoms. The third-order valence-electron chi connectivity index (χ3n) is 5.17. The second-order valence-corrected chi connectivity index (χ2v) is 8.37. The van der Waals surface area contributed by atoms with Crippen LogP contribution in [0.5, 0.6) is 0 Å². The summed E-state index contributed by atoms with van der Waals surface area (Å²) in [6.07, 6.45) is 0. The summed E-state index contributed by atoms with van der Waals surface area (Å²) in [6.45, 7) is 5.31. The molecule has 0 saturated carbocycles. The van der Waals surface area contributed by atoms with Gasteiger partial charge in [0.15, 0.2) is 0 Å². The Labute approximate surface area is 170 Å². The Balaban J connectivity index is 1.67. The summed E-state index contributed by atoms with van der Waals surface area (Å²) in [5.41, 5.74) is 9.44. The molecule has 0 aliphatic carbocycles. The Morgan fingerprint density at radius 1 is 1.11 bits per heavy atom. The number of hydrogen-bond acceptors (Lipinski definition) is 4. The second kappa shape index (κ2) is 9.26. The van der Waals surface area contributed by atoms with Gasteiger partial charge in [0.05, 0.1) is 5.92 Å². The molecule has 1 heterocycles. The molecule has 0 radical (unpaired) electrons. The molecule has 148 valence electrons.